The summed E-state index contributed by atoms with van der Waals surface area (Å²) in [6.07, 6.45) is 4.24. The van der Waals surface area contributed by atoms with Gasteiger partial charge in [0.15, 0.2) is 0 Å². The lowest BCUT2D eigenvalue weighted by Gasteiger charge is -2.09. The number of nitrogens with one attached hydrogen (secondary N) is 1. The molecule has 0 aliphatic carbocycles. The third-order valence-electron chi connectivity index (χ3n) is 3.64. The molecule has 0 unspecified atom stereocenters. The Kier molecular flexibility index (Phi) is 7.08. The van der Waals surface area contributed by atoms with E-state index in [-0.39, 0.29) is 5.91 Å². The number of hydrogen-bond acceptors (Lipinski definition) is 3. The topological polar surface area (TPSA) is 47.6 Å². The third-order valence-corrected chi connectivity index (χ3v) is 3.64. The molecule has 0 aromatic heterocycles. The summed E-state index contributed by atoms with van der Waals surface area (Å²) in [5, 5.41) is 2.83. The van der Waals surface area contributed by atoms with Gasteiger partial charge in [-0.1, -0.05) is 32.0 Å². The highest BCUT2D eigenvalue weighted by molar-refractivity contribution is 6.02. The molecule has 0 bridgehead atoms. The van der Waals surface area contributed by atoms with Crippen LogP contribution >= 0.6 is 0 Å². The van der Waals surface area contributed by atoms with Crippen molar-refractivity contribution in [1.29, 1.82) is 0 Å². The molecule has 0 aliphatic rings. The molecule has 4 nitrogen and oxygen atoms in total. The Balaban J connectivity index is 1.89. The smallest absolute Gasteiger partial charge is 0.248 e. The van der Waals surface area contributed by atoms with Crippen LogP contribution in [0.15, 0.2) is 54.6 Å². The predicted molar refractivity (Wildman–Crippen MR) is 102 cm³/mol. The maximum atomic E-state index is 12.0. The van der Waals surface area contributed by atoms with E-state index in [9.17, 15) is 4.79 Å². The van der Waals surface area contributed by atoms with Crippen LogP contribution in [0.3, 0.4) is 0 Å². The Morgan fingerprint density at radius 1 is 1.12 bits per heavy atom. The van der Waals surface area contributed by atoms with Gasteiger partial charge in [-0.25, -0.2) is 0 Å². The van der Waals surface area contributed by atoms with Crippen LogP contribution in [-0.2, 0) is 4.79 Å². The number of amides is 1. The predicted octanol–water partition coefficient (Wildman–Crippen LogP) is 4.77. The van der Waals surface area contributed by atoms with Crippen molar-refractivity contribution in [2.75, 3.05) is 19.0 Å². The average molecular weight is 339 g/mol. The van der Waals surface area contributed by atoms with Gasteiger partial charge in [0.05, 0.1) is 13.7 Å². The molecule has 1 N–H and O–H groups in total. The molecule has 0 saturated carbocycles. The summed E-state index contributed by atoms with van der Waals surface area (Å²) < 4.78 is 10.9. The number of anilines is 1. The molecule has 4 heteroatoms. The summed E-state index contributed by atoms with van der Waals surface area (Å²) in [4.78, 5) is 12.0. The molecule has 0 aliphatic heterocycles. The van der Waals surface area contributed by atoms with Gasteiger partial charge in [0.1, 0.15) is 11.5 Å². The van der Waals surface area contributed by atoms with Crippen LogP contribution in [0.1, 0.15) is 25.8 Å². The summed E-state index contributed by atoms with van der Waals surface area (Å²) >= 11 is 0. The van der Waals surface area contributed by atoms with E-state index in [1.807, 2.05) is 48.5 Å². The lowest BCUT2D eigenvalue weighted by atomic mass is 10.1. The summed E-state index contributed by atoms with van der Waals surface area (Å²) in [5.41, 5.74) is 1.58. The summed E-state index contributed by atoms with van der Waals surface area (Å²) in [6.45, 7) is 5.03. The molecular formula is C21H25NO3. The van der Waals surface area contributed by atoms with Crippen molar-refractivity contribution in [2.45, 2.75) is 20.3 Å². The van der Waals surface area contributed by atoms with Crippen LogP contribution < -0.4 is 14.8 Å². The SMILES string of the molecule is COc1ccccc1C=CC(=O)Nc1ccc(OCCC(C)C)cc1. The first-order valence-electron chi connectivity index (χ1n) is 8.43. The molecular weight excluding hydrogens is 314 g/mol. The Morgan fingerprint density at radius 2 is 1.84 bits per heavy atom. The fraction of sp³-hybridized carbons (Fsp3) is 0.286. The van der Waals surface area contributed by atoms with Gasteiger partial charge in [0.2, 0.25) is 5.91 Å². The van der Waals surface area contributed by atoms with Crippen molar-refractivity contribution in [3.8, 4) is 11.5 Å². The van der Waals surface area contributed by atoms with Gasteiger partial charge in [-0.3, -0.25) is 4.79 Å². The highest BCUT2D eigenvalue weighted by Crippen LogP contribution is 2.19. The maximum Gasteiger partial charge on any atom is 0.248 e. The fourth-order valence-corrected chi connectivity index (χ4v) is 2.20. The molecule has 0 spiro atoms. The first-order chi connectivity index (χ1) is 12.1. The van der Waals surface area contributed by atoms with E-state index in [1.165, 1.54) is 6.08 Å². The minimum absolute atomic E-state index is 0.195. The van der Waals surface area contributed by atoms with E-state index in [0.717, 1.165) is 29.2 Å². The molecule has 0 atom stereocenters. The number of benzene rings is 2. The Labute approximate surface area is 149 Å². The number of carbonyl (C=O) groups excluding carboxylic acids is 1. The van der Waals surface area contributed by atoms with Crippen LogP contribution in [-0.4, -0.2) is 19.6 Å². The molecule has 25 heavy (non-hydrogen) atoms. The van der Waals surface area contributed by atoms with Gasteiger partial charge in [-0.2, -0.15) is 0 Å². The molecule has 0 fully saturated rings. The second-order valence-corrected chi connectivity index (χ2v) is 6.12. The van der Waals surface area contributed by atoms with Crippen LogP contribution in [0.25, 0.3) is 6.08 Å². The van der Waals surface area contributed by atoms with Crippen LogP contribution in [0, 0.1) is 5.92 Å². The second kappa shape index (κ2) is 9.52. The highest BCUT2D eigenvalue weighted by Gasteiger charge is 2.02. The standard InChI is InChI=1S/C21H25NO3/c1-16(2)14-15-25-19-11-9-18(10-12-19)22-21(23)13-8-17-6-4-5-7-20(17)24-3/h4-13,16H,14-15H2,1-3H3,(H,22,23). The van der Waals surface area contributed by atoms with Crippen LogP contribution in [0.5, 0.6) is 11.5 Å². The molecule has 2 aromatic carbocycles. The molecule has 2 rings (SSSR count). The van der Waals surface area contributed by atoms with Crippen molar-refractivity contribution in [1.82, 2.24) is 0 Å². The summed E-state index contributed by atoms with van der Waals surface area (Å²) in [7, 11) is 1.61. The van der Waals surface area contributed by atoms with Crippen LogP contribution in [0.2, 0.25) is 0 Å². The molecule has 0 heterocycles. The van der Waals surface area contributed by atoms with E-state index in [1.54, 1.807) is 13.2 Å². The zero-order valence-corrected chi connectivity index (χ0v) is 15.0. The zero-order chi connectivity index (χ0) is 18.1. The van der Waals surface area contributed by atoms with Crippen molar-refractivity contribution in [3.05, 3.63) is 60.2 Å². The van der Waals surface area contributed by atoms with Crippen molar-refractivity contribution in [3.63, 3.8) is 0 Å². The monoisotopic (exact) mass is 339 g/mol. The molecule has 2 aromatic rings. The maximum absolute atomic E-state index is 12.0. The Morgan fingerprint density at radius 3 is 2.52 bits per heavy atom. The van der Waals surface area contributed by atoms with Gasteiger partial charge in [0.25, 0.3) is 0 Å². The zero-order valence-electron chi connectivity index (χ0n) is 15.0. The highest BCUT2D eigenvalue weighted by atomic mass is 16.5. The number of rotatable bonds is 8. The summed E-state index contributed by atoms with van der Waals surface area (Å²) in [6, 6.07) is 14.9. The normalized spacial score (nSPS) is 10.9. The van der Waals surface area contributed by atoms with Crippen molar-refractivity contribution in [2.24, 2.45) is 5.92 Å². The Hall–Kier alpha value is -2.75. The van der Waals surface area contributed by atoms with E-state index < -0.39 is 0 Å². The Bertz CT molecular complexity index is 705. The largest absolute Gasteiger partial charge is 0.496 e. The minimum Gasteiger partial charge on any atom is -0.496 e. The summed E-state index contributed by atoms with van der Waals surface area (Å²) in [5.74, 6) is 1.96. The second-order valence-electron chi connectivity index (χ2n) is 6.12. The van der Waals surface area contributed by atoms with E-state index in [0.29, 0.717) is 12.5 Å². The van der Waals surface area contributed by atoms with Crippen LogP contribution in [0.4, 0.5) is 5.69 Å². The number of methoxy groups -OCH3 is 1. The van der Waals surface area contributed by atoms with Gasteiger partial charge in [0, 0.05) is 17.3 Å². The fourth-order valence-electron chi connectivity index (χ4n) is 2.20. The molecule has 0 saturated heterocycles. The van der Waals surface area contributed by atoms with E-state index in [4.69, 9.17) is 9.47 Å². The molecule has 132 valence electrons. The van der Waals surface area contributed by atoms with Gasteiger partial charge >= 0.3 is 0 Å². The lowest BCUT2D eigenvalue weighted by Crippen LogP contribution is -2.07. The third kappa shape index (κ3) is 6.34. The van der Waals surface area contributed by atoms with Gasteiger partial charge in [-0.05, 0) is 48.7 Å². The van der Waals surface area contributed by atoms with Crippen molar-refractivity contribution < 1.29 is 14.3 Å². The first kappa shape index (κ1) is 18.6. The molecule has 1 amide bonds. The number of carbonyl (C=O) groups is 1. The first-order valence-corrected chi connectivity index (χ1v) is 8.43. The van der Waals surface area contributed by atoms with E-state index in [2.05, 4.69) is 19.2 Å². The lowest BCUT2D eigenvalue weighted by molar-refractivity contribution is -0.111. The van der Waals surface area contributed by atoms with Gasteiger partial charge < -0.3 is 14.8 Å². The van der Waals surface area contributed by atoms with E-state index >= 15 is 0 Å². The quantitative estimate of drug-likeness (QED) is 0.705. The molecule has 0 radical (unpaired) electrons. The van der Waals surface area contributed by atoms with Crippen molar-refractivity contribution >= 4 is 17.7 Å². The number of hydrogen-bond donors (Lipinski definition) is 1. The minimum atomic E-state index is -0.195. The number of para-hydroxylation sites is 1. The number of ether oxygens (including phenoxy) is 2. The van der Waals surface area contributed by atoms with Gasteiger partial charge in [-0.15, -0.1) is 0 Å². The average Bonchev–Trinajstić information content (AvgIpc) is 2.61.